The maximum Gasteiger partial charge on any atom is 0.163 e. The normalized spacial score (nSPS) is 12.5. The predicted molar refractivity (Wildman–Crippen MR) is 88.2 cm³/mol. The summed E-state index contributed by atoms with van der Waals surface area (Å²) in [6, 6.07) is 5.74. The standard InChI is InChI=1S/C16H20N6O/c1-4-14-20-15(11-9-18-22(2)16(11)21-14)19-13(10-23-3)12-7-5-6-8-17-12/h5-9,13H,4,10H2,1-3H3,(H,19,20,21)/t13-/m1/s1. The molecule has 23 heavy (non-hydrogen) atoms. The van der Waals surface area contributed by atoms with Crippen LogP contribution in [0.5, 0.6) is 0 Å². The van der Waals surface area contributed by atoms with E-state index in [2.05, 4.69) is 25.4 Å². The van der Waals surface area contributed by atoms with Gasteiger partial charge in [0.05, 0.1) is 29.9 Å². The lowest BCUT2D eigenvalue weighted by molar-refractivity contribution is 0.185. The molecule has 7 heteroatoms. The summed E-state index contributed by atoms with van der Waals surface area (Å²) in [5, 5.41) is 8.61. The van der Waals surface area contributed by atoms with E-state index < -0.39 is 0 Å². The minimum Gasteiger partial charge on any atom is -0.382 e. The molecule has 1 N–H and O–H groups in total. The molecule has 0 fully saturated rings. The van der Waals surface area contributed by atoms with E-state index in [1.165, 1.54) is 0 Å². The first-order valence-electron chi connectivity index (χ1n) is 7.58. The number of anilines is 1. The molecule has 3 heterocycles. The second-order valence-corrected chi connectivity index (χ2v) is 5.25. The van der Waals surface area contributed by atoms with E-state index in [4.69, 9.17) is 4.74 Å². The molecule has 120 valence electrons. The zero-order valence-corrected chi connectivity index (χ0v) is 13.5. The average molecular weight is 312 g/mol. The zero-order chi connectivity index (χ0) is 16.2. The summed E-state index contributed by atoms with van der Waals surface area (Å²) in [6.07, 6.45) is 4.31. The fourth-order valence-electron chi connectivity index (χ4n) is 2.45. The van der Waals surface area contributed by atoms with E-state index in [9.17, 15) is 0 Å². The van der Waals surface area contributed by atoms with E-state index >= 15 is 0 Å². The molecular formula is C16H20N6O. The topological polar surface area (TPSA) is 77.8 Å². The number of hydrogen-bond donors (Lipinski definition) is 1. The predicted octanol–water partition coefficient (Wildman–Crippen LogP) is 2.12. The minimum absolute atomic E-state index is 0.0933. The summed E-state index contributed by atoms with van der Waals surface area (Å²) in [4.78, 5) is 13.6. The van der Waals surface area contributed by atoms with Crippen LogP contribution in [0.2, 0.25) is 0 Å². The number of hydrogen-bond acceptors (Lipinski definition) is 6. The van der Waals surface area contributed by atoms with Crippen LogP contribution in [-0.2, 0) is 18.2 Å². The third-order valence-electron chi connectivity index (χ3n) is 3.64. The van der Waals surface area contributed by atoms with Crippen LogP contribution in [0.15, 0.2) is 30.6 Å². The lowest BCUT2D eigenvalue weighted by atomic mass is 10.2. The van der Waals surface area contributed by atoms with Crippen molar-refractivity contribution in [2.75, 3.05) is 19.0 Å². The van der Waals surface area contributed by atoms with Gasteiger partial charge in [-0.05, 0) is 12.1 Å². The highest BCUT2D eigenvalue weighted by Gasteiger charge is 2.17. The van der Waals surface area contributed by atoms with Gasteiger partial charge in [-0.2, -0.15) is 5.10 Å². The highest BCUT2D eigenvalue weighted by Crippen LogP contribution is 2.24. The molecule has 0 aliphatic heterocycles. The Morgan fingerprint density at radius 1 is 1.30 bits per heavy atom. The molecule has 0 saturated carbocycles. The van der Waals surface area contributed by atoms with Crippen molar-refractivity contribution in [2.45, 2.75) is 19.4 Å². The monoisotopic (exact) mass is 312 g/mol. The molecule has 3 aromatic heterocycles. The van der Waals surface area contributed by atoms with E-state index in [0.29, 0.717) is 6.61 Å². The molecule has 1 atom stereocenters. The zero-order valence-electron chi connectivity index (χ0n) is 13.5. The minimum atomic E-state index is -0.0933. The van der Waals surface area contributed by atoms with E-state index in [0.717, 1.165) is 34.8 Å². The molecule has 0 spiro atoms. The Kier molecular flexibility index (Phi) is 4.47. The molecule has 0 radical (unpaired) electrons. The number of aryl methyl sites for hydroxylation is 2. The van der Waals surface area contributed by atoms with Gasteiger partial charge in [0.25, 0.3) is 0 Å². The Bertz CT molecular complexity index is 786. The molecule has 0 amide bonds. The van der Waals surface area contributed by atoms with Crippen LogP contribution in [0.4, 0.5) is 5.82 Å². The lowest BCUT2D eigenvalue weighted by Gasteiger charge is -2.18. The summed E-state index contributed by atoms with van der Waals surface area (Å²) < 4.78 is 7.10. The molecule has 0 saturated heterocycles. The van der Waals surface area contributed by atoms with Crippen LogP contribution >= 0.6 is 0 Å². The van der Waals surface area contributed by atoms with Crippen molar-refractivity contribution in [3.8, 4) is 0 Å². The molecular weight excluding hydrogens is 292 g/mol. The SMILES string of the molecule is CCc1nc(N[C@H](COC)c2ccccn2)c2cnn(C)c2n1. The number of ether oxygens (including phenoxy) is 1. The van der Waals surface area contributed by atoms with Crippen molar-refractivity contribution in [3.63, 3.8) is 0 Å². The molecule has 3 aromatic rings. The van der Waals surface area contributed by atoms with Gasteiger partial charge in [-0.1, -0.05) is 13.0 Å². The fraction of sp³-hybridized carbons (Fsp3) is 0.375. The van der Waals surface area contributed by atoms with Crippen molar-refractivity contribution in [3.05, 3.63) is 42.1 Å². The Morgan fingerprint density at radius 2 is 2.17 bits per heavy atom. The van der Waals surface area contributed by atoms with Gasteiger partial charge in [0, 0.05) is 26.8 Å². The number of rotatable bonds is 6. The van der Waals surface area contributed by atoms with Gasteiger partial charge in [0.2, 0.25) is 0 Å². The highest BCUT2D eigenvalue weighted by atomic mass is 16.5. The van der Waals surface area contributed by atoms with Crippen molar-refractivity contribution in [2.24, 2.45) is 7.05 Å². The maximum atomic E-state index is 5.34. The second-order valence-electron chi connectivity index (χ2n) is 5.25. The number of methoxy groups -OCH3 is 1. The van der Waals surface area contributed by atoms with Crippen molar-refractivity contribution >= 4 is 16.9 Å². The molecule has 0 aliphatic carbocycles. The largest absolute Gasteiger partial charge is 0.382 e. The summed E-state index contributed by atoms with van der Waals surface area (Å²) in [5.74, 6) is 1.54. The van der Waals surface area contributed by atoms with Gasteiger partial charge >= 0.3 is 0 Å². The van der Waals surface area contributed by atoms with Crippen molar-refractivity contribution < 1.29 is 4.74 Å². The molecule has 0 bridgehead atoms. The Balaban J connectivity index is 2.01. The van der Waals surface area contributed by atoms with E-state index in [1.807, 2.05) is 32.2 Å². The fourth-order valence-corrected chi connectivity index (χ4v) is 2.45. The second kappa shape index (κ2) is 6.70. The molecule has 7 nitrogen and oxygen atoms in total. The van der Waals surface area contributed by atoms with Gasteiger partial charge in [0.15, 0.2) is 5.65 Å². The van der Waals surface area contributed by atoms with Crippen molar-refractivity contribution in [1.29, 1.82) is 0 Å². The van der Waals surface area contributed by atoms with Crippen LogP contribution < -0.4 is 5.32 Å². The maximum absolute atomic E-state index is 5.34. The van der Waals surface area contributed by atoms with Gasteiger partial charge in [-0.15, -0.1) is 0 Å². The average Bonchev–Trinajstić information content (AvgIpc) is 2.96. The molecule has 0 unspecified atom stereocenters. The summed E-state index contributed by atoms with van der Waals surface area (Å²) in [5.41, 5.74) is 1.72. The number of fused-ring (bicyclic) bond motifs is 1. The van der Waals surface area contributed by atoms with Crippen LogP contribution in [0.25, 0.3) is 11.0 Å². The molecule has 3 rings (SSSR count). The summed E-state index contributed by atoms with van der Waals surface area (Å²) >= 11 is 0. The van der Waals surface area contributed by atoms with Gasteiger partial charge in [0.1, 0.15) is 11.6 Å². The van der Waals surface area contributed by atoms with Gasteiger partial charge in [-0.3, -0.25) is 9.67 Å². The van der Waals surface area contributed by atoms with Crippen molar-refractivity contribution in [1.82, 2.24) is 24.7 Å². The third kappa shape index (κ3) is 3.14. The number of aromatic nitrogens is 5. The van der Waals surface area contributed by atoms with Crippen LogP contribution in [0.3, 0.4) is 0 Å². The number of nitrogens with one attached hydrogen (secondary N) is 1. The lowest BCUT2D eigenvalue weighted by Crippen LogP contribution is -2.19. The first kappa shape index (κ1) is 15.4. The first-order valence-corrected chi connectivity index (χ1v) is 7.58. The molecule has 0 aromatic carbocycles. The Labute approximate surface area is 134 Å². The smallest absolute Gasteiger partial charge is 0.163 e. The number of pyridine rings is 1. The van der Waals surface area contributed by atoms with Crippen LogP contribution in [0.1, 0.15) is 24.5 Å². The molecule has 0 aliphatic rings. The Hall–Kier alpha value is -2.54. The van der Waals surface area contributed by atoms with Crippen LogP contribution in [-0.4, -0.2) is 38.4 Å². The van der Waals surface area contributed by atoms with Gasteiger partial charge in [-0.25, -0.2) is 9.97 Å². The van der Waals surface area contributed by atoms with Crippen LogP contribution in [0, 0.1) is 0 Å². The highest BCUT2D eigenvalue weighted by molar-refractivity contribution is 5.86. The number of nitrogens with zero attached hydrogens (tertiary/aromatic N) is 5. The summed E-state index contributed by atoms with van der Waals surface area (Å²) in [7, 11) is 3.55. The quantitative estimate of drug-likeness (QED) is 0.751. The summed E-state index contributed by atoms with van der Waals surface area (Å²) in [6.45, 7) is 2.52. The third-order valence-corrected chi connectivity index (χ3v) is 3.64. The Morgan fingerprint density at radius 3 is 2.87 bits per heavy atom. The van der Waals surface area contributed by atoms with E-state index in [-0.39, 0.29) is 6.04 Å². The van der Waals surface area contributed by atoms with E-state index in [1.54, 1.807) is 24.2 Å². The van der Waals surface area contributed by atoms with Gasteiger partial charge < -0.3 is 10.1 Å². The first-order chi connectivity index (χ1) is 11.2.